The molecule has 0 aromatic rings. The van der Waals surface area contributed by atoms with E-state index in [0.29, 0.717) is 0 Å². The first-order valence-corrected chi connectivity index (χ1v) is 8.60. The minimum atomic E-state index is -1.21. The summed E-state index contributed by atoms with van der Waals surface area (Å²) in [5.74, 6) is 1.37. The molecule has 0 amide bonds. The molecular formula is C12H22O5S2. The third-order valence-electron chi connectivity index (χ3n) is 3.20. The van der Waals surface area contributed by atoms with E-state index in [1.807, 2.05) is 0 Å². The van der Waals surface area contributed by atoms with Gasteiger partial charge in [0.1, 0.15) is 24.4 Å². The van der Waals surface area contributed by atoms with Gasteiger partial charge in [0.15, 0.2) is 5.79 Å². The lowest BCUT2D eigenvalue weighted by Gasteiger charge is -2.31. The molecule has 0 aliphatic carbocycles. The van der Waals surface area contributed by atoms with Gasteiger partial charge < -0.3 is 24.8 Å². The molecule has 0 bridgehead atoms. The maximum absolute atomic E-state index is 10.1. The number of aliphatic hydroxyl groups excluding tert-OH is 3. The Labute approximate surface area is 122 Å². The zero-order chi connectivity index (χ0) is 14.0. The third kappa shape index (κ3) is 3.78. The van der Waals surface area contributed by atoms with Crippen molar-refractivity contribution in [1.29, 1.82) is 0 Å². The summed E-state index contributed by atoms with van der Waals surface area (Å²) in [7, 11) is 0. The fourth-order valence-electron chi connectivity index (χ4n) is 2.31. The van der Waals surface area contributed by atoms with E-state index in [1.54, 1.807) is 37.4 Å². The van der Waals surface area contributed by atoms with E-state index in [9.17, 15) is 10.2 Å². The predicted molar refractivity (Wildman–Crippen MR) is 76.2 cm³/mol. The highest BCUT2D eigenvalue weighted by atomic mass is 32.2. The van der Waals surface area contributed by atoms with Crippen molar-refractivity contribution >= 4 is 23.5 Å². The molecule has 3 N–H and O–H groups in total. The summed E-state index contributed by atoms with van der Waals surface area (Å²) >= 11 is 3.61. The number of rotatable bonds is 4. The first kappa shape index (κ1) is 15.9. The van der Waals surface area contributed by atoms with Gasteiger partial charge in [-0.2, -0.15) is 0 Å². The first-order valence-electron chi connectivity index (χ1n) is 6.50. The van der Waals surface area contributed by atoms with Crippen LogP contribution in [0.5, 0.6) is 0 Å². The Morgan fingerprint density at radius 2 is 1.84 bits per heavy atom. The van der Waals surface area contributed by atoms with Crippen molar-refractivity contribution < 1.29 is 24.8 Å². The van der Waals surface area contributed by atoms with Crippen molar-refractivity contribution in [3.05, 3.63) is 0 Å². The Kier molecular flexibility index (Phi) is 5.44. The smallest absolute Gasteiger partial charge is 0.163 e. The van der Waals surface area contributed by atoms with E-state index < -0.39 is 30.7 Å². The predicted octanol–water partition coefficient (Wildman–Crippen LogP) is 0.417. The molecule has 0 unspecified atom stereocenters. The summed E-state index contributed by atoms with van der Waals surface area (Å²) < 4.78 is 11.8. The first-order chi connectivity index (χ1) is 8.94. The molecule has 2 aliphatic heterocycles. The number of hydrogen-bond acceptors (Lipinski definition) is 7. The van der Waals surface area contributed by atoms with Crippen molar-refractivity contribution in [3.8, 4) is 0 Å². The van der Waals surface area contributed by atoms with E-state index in [4.69, 9.17) is 14.6 Å². The average Bonchev–Trinajstić information content (AvgIpc) is 2.74. The van der Waals surface area contributed by atoms with Crippen LogP contribution in [0.15, 0.2) is 0 Å². The Balaban J connectivity index is 2.09. The summed E-state index contributed by atoms with van der Waals surface area (Å²) in [4.78, 5) is 0. The molecule has 0 aromatic carbocycles. The van der Waals surface area contributed by atoms with E-state index in [0.717, 1.165) is 11.5 Å². The maximum Gasteiger partial charge on any atom is 0.163 e. The highest BCUT2D eigenvalue weighted by Crippen LogP contribution is 2.42. The highest BCUT2D eigenvalue weighted by molar-refractivity contribution is 8.17. The number of thioether (sulfide) groups is 2. The molecule has 112 valence electrons. The lowest BCUT2D eigenvalue weighted by Crippen LogP contribution is -2.47. The quantitative estimate of drug-likeness (QED) is 0.694. The van der Waals surface area contributed by atoms with Crippen LogP contribution >= 0.6 is 23.5 Å². The molecule has 0 radical (unpaired) electrons. The van der Waals surface area contributed by atoms with Crippen molar-refractivity contribution in [3.63, 3.8) is 0 Å². The van der Waals surface area contributed by atoms with Gasteiger partial charge in [0.2, 0.25) is 0 Å². The molecule has 0 aromatic heterocycles. The van der Waals surface area contributed by atoms with E-state index >= 15 is 0 Å². The van der Waals surface area contributed by atoms with Crippen LogP contribution in [0.3, 0.4) is 0 Å². The molecule has 2 rings (SSSR count). The fraction of sp³-hybridized carbons (Fsp3) is 1.00. The standard InChI is InChI=1S/C12H22O5S2/c1-12(2)16-9(8(15)7(14)6-13)10(17-12)11-18-4-3-5-19-11/h7-11,13-15H,3-6H2,1-2H3/t7-,8+,9+,10-/m1/s1. The van der Waals surface area contributed by atoms with Crippen LogP contribution < -0.4 is 0 Å². The molecule has 2 heterocycles. The van der Waals surface area contributed by atoms with Crippen LogP contribution in [-0.2, 0) is 9.47 Å². The van der Waals surface area contributed by atoms with Crippen LogP contribution in [0, 0.1) is 0 Å². The lowest BCUT2D eigenvalue weighted by molar-refractivity contribution is -0.164. The fourth-order valence-corrected chi connectivity index (χ4v) is 5.35. The van der Waals surface area contributed by atoms with Crippen molar-refractivity contribution in [2.75, 3.05) is 18.1 Å². The second-order valence-electron chi connectivity index (χ2n) is 5.27. The molecule has 7 heteroatoms. The summed E-state index contributed by atoms with van der Waals surface area (Å²) in [6, 6.07) is 0. The molecule has 0 saturated carbocycles. The van der Waals surface area contributed by atoms with Crippen molar-refractivity contribution in [2.45, 2.75) is 55.1 Å². The van der Waals surface area contributed by atoms with Crippen LogP contribution in [-0.4, -0.2) is 68.2 Å². The van der Waals surface area contributed by atoms with E-state index in [2.05, 4.69) is 0 Å². The zero-order valence-electron chi connectivity index (χ0n) is 11.2. The van der Waals surface area contributed by atoms with Crippen molar-refractivity contribution in [2.24, 2.45) is 0 Å². The van der Waals surface area contributed by atoms with Gasteiger partial charge in [0.25, 0.3) is 0 Å². The Hall–Kier alpha value is 0.500. The van der Waals surface area contributed by atoms with Crippen LogP contribution in [0.1, 0.15) is 20.3 Å². The normalized spacial score (nSPS) is 35.2. The third-order valence-corrected chi connectivity index (χ3v) is 6.26. The van der Waals surface area contributed by atoms with E-state index in [1.165, 1.54) is 6.42 Å². The summed E-state index contributed by atoms with van der Waals surface area (Å²) in [5.41, 5.74) is 0. The van der Waals surface area contributed by atoms with Gasteiger partial charge in [0, 0.05) is 0 Å². The summed E-state index contributed by atoms with van der Waals surface area (Å²) in [6.45, 7) is 3.12. The second-order valence-corrected chi connectivity index (χ2v) is 8.07. The Morgan fingerprint density at radius 3 is 2.42 bits per heavy atom. The van der Waals surface area contributed by atoms with Crippen molar-refractivity contribution in [1.82, 2.24) is 0 Å². The largest absolute Gasteiger partial charge is 0.394 e. The topological polar surface area (TPSA) is 79.2 Å². The number of aliphatic hydroxyl groups is 3. The average molecular weight is 310 g/mol. The molecule has 2 saturated heterocycles. The molecule has 2 aliphatic rings. The maximum atomic E-state index is 10.1. The molecular weight excluding hydrogens is 288 g/mol. The van der Waals surface area contributed by atoms with Gasteiger partial charge >= 0.3 is 0 Å². The number of hydrogen-bond donors (Lipinski definition) is 3. The van der Waals surface area contributed by atoms with Crippen LogP contribution in [0.25, 0.3) is 0 Å². The SMILES string of the molecule is CC1(C)O[C@@H]([C@@H](O)[C@H](O)CO)[C@H](C2SCCCS2)O1. The van der Waals surface area contributed by atoms with Gasteiger partial charge in [-0.25, -0.2) is 0 Å². The second kappa shape index (κ2) is 6.51. The number of ether oxygens (including phenoxy) is 2. The molecule has 4 atom stereocenters. The van der Waals surface area contributed by atoms with Gasteiger partial charge in [0.05, 0.1) is 11.2 Å². The highest BCUT2D eigenvalue weighted by Gasteiger charge is 2.50. The Morgan fingerprint density at radius 1 is 1.21 bits per heavy atom. The molecule has 19 heavy (non-hydrogen) atoms. The van der Waals surface area contributed by atoms with Gasteiger partial charge in [-0.15, -0.1) is 23.5 Å². The van der Waals surface area contributed by atoms with E-state index in [-0.39, 0.29) is 10.7 Å². The monoisotopic (exact) mass is 310 g/mol. The minimum absolute atomic E-state index is 0.195. The Bertz CT molecular complexity index is 284. The molecule has 0 spiro atoms. The van der Waals surface area contributed by atoms with Gasteiger partial charge in [-0.3, -0.25) is 0 Å². The van der Waals surface area contributed by atoms with Crippen LogP contribution in [0.2, 0.25) is 0 Å². The molecule has 2 fully saturated rings. The van der Waals surface area contributed by atoms with Crippen LogP contribution in [0.4, 0.5) is 0 Å². The minimum Gasteiger partial charge on any atom is -0.394 e. The lowest BCUT2D eigenvalue weighted by atomic mass is 10.0. The zero-order valence-corrected chi connectivity index (χ0v) is 12.8. The summed E-state index contributed by atoms with van der Waals surface area (Å²) in [5, 5.41) is 28.7. The van der Waals surface area contributed by atoms with Gasteiger partial charge in [-0.1, -0.05) is 0 Å². The summed E-state index contributed by atoms with van der Waals surface area (Å²) in [6.07, 6.45) is -2.06. The molecule has 5 nitrogen and oxygen atoms in total. The van der Waals surface area contributed by atoms with Gasteiger partial charge in [-0.05, 0) is 31.8 Å².